The van der Waals surface area contributed by atoms with E-state index in [9.17, 15) is 14.6 Å². The van der Waals surface area contributed by atoms with E-state index >= 15 is 0 Å². The molecule has 0 spiro atoms. The summed E-state index contributed by atoms with van der Waals surface area (Å²) in [5, 5.41) is 18.8. The van der Waals surface area contributed by atoms with E-state index in [1.807, 2.05) is 0 Å². The van der Waals surface area contributed by atoms with Gasteiger partial charge in [0.2, 0.25) is 0 Å². The Hall–Kier alpha value is -1.33. The van der Waals surface area contributed by atoms with Crippen LogP contribution in [0.25, 0.3) is 0 Å². The first kappa shape index (κ1) is 10.7. The molecule has 0 fully saturated rings. The van der Waals surface area contributed by atoms with Crippen LogP contribution in [0.2, 0.25) is 0 Å². The molecule has 4 N–H and O–H groups in total. The molecule has 14 heavy (non-hydrogen) atoms. The van der Waals surface area contributed by atoms with Crippen LogP contribution in [0.5, 0.6) is 11.5 Å². The first-order chi connectivity index (χ1) is 6.60. The molecule has 0 radical (unpaired) electrons. The number of hydrogen-bond acceptors (Lipinski definition) is 4. The molecular formula is C9H12FNO3. The van der Waals surface area contributed by atoms with Gasteiger partial charge in [0.1, 0.15) is 17.3 Å². The molecule has 1 aromatic rings. The Morgan fingerprint density at radius 2 is 2.21 bits per heavy atom. The van der Waals surface area contributed by atoms with Crippen molar-refractivity contribution < 1.29 is 19.3 Å². The molecule has 4 nitrogen and oxygen atoms in total. The molecular weight excluding hydrogens is 189 g/mol. The predicted octanol–water partition coefficient (Wildman–Crippen LogP) is 0.532. The molecule has 0 aromatic heterocycles. The van der Waals surface area contributed by atoms with Gasteiger partial charge >= 0.3 is 0 Å². The summed E-state index contributed by atoms with van der Waals surface area (Å²) in [5.41, 5.74) is 5.33. The number of nitrogens with two attached hydrogens (primary N) is 1. The van der Waals surface area contributed by atoms with Gasteiger partial charge in [0, 0.05) is 18.7 Å². The number of phenols is 1. The summed E-state index contributed by atoms with van der Waals surface area (Å²) in [6.07, 6.45) is -1.06. The van der Waals surface area contributed by atoms with E-state index in [4.69, 9.17) is 10.5 Å². The van der Waals surface area contributed by atoms with Crippen molar-refractivity contribution in [2.45, 2.75) is 6.10 Å². The highest BCUT2D eigenvalue weighted by molar-refractivity contribution is 5.46. The van der Waals surface area contributed by atoms with Crippen molar-refractivity contribution in [3.8, 4) is 11.5 Å². The van der Waals surface area contributed by atoms with E-state index in [1.165, 1.54) is 7.11 Å². The third-order valence-corrected chi connectivity index (χ3v) is 1.86. The van der Waals surface area contributed by atoms with Crippen molar-refractivity contribution in [2.24, 2.45) is 5.73 Å². The van der Waals surface area contributed by atoms with E-state index in [-0.39, 0.29) is 23.6 Å². The molecule has 78 valence electrons. The van der Waals surface area contributed by atoms with Crippen LogP contribution in [0.15, 0.2) is 12.1 Å². The fourth-order valence-electron chi connectivity index (χ4n) is 1.20. The Labute approximate surface area is 80.7 Å². The van der Waals surface area contributed by atoms with Gasteiger partial charge < -0.3 is 20.7 Å². The van der Waals surface area contributed by atoms with Gasteiger partial charge in [-0.05, 0) is 0 Å². The van der Waals surface area contributed by atoms with Crippen LogP contribution in [0.3, 0.4) is 0 Å². The summed E-state index contributed by atoms with van der Waals surface area (Å²) in [5.74, 6) is -0.910. The van der Waals surface area contributed by atoms with Crippen molar-refractivity contribution in [3.05, 3.63) is 23.5 Å². The summed E-state index contributed by atoms with van der Waals surface area (Å²) >= 11 is 0. The van der Waals surface area contributed by atoms with E-state index in [1.54, 1.807) is 0 Å². The second-order valence-electron chi connectivity index (χ2n) is 2.79. The molecule has 0 saturated heterocycles. The monoisotopic (exact) mass is 201 g/mol. The number of aliphatic hydroxyl groups excluding tert-OH is 1. The maximum atomic E-state index is 12.8. The molecule has 0 heterocycles. The van der Waals surface area contributed by atoms with Crippen LogP contribution in [0, 0.1) is 5.82 Å². The summed E-state index contributed by atoms with van der Waals surface area (Å²) in [6, 6.07) is 1.98. The molecule has 0 aliphatic carbocycles. The average Bonchev–Trinajstić information content (AvgIpc) is 2.15. The highest BCUT2D eigenvalue weighted by Gasteiger charge is 2.17. The van der Waals surface area contributed by atoms with Gasteiger partial charge in [-0.15, -0.1) is 0 Å². The quantitative estimate of drug-likeness (QED) is 0.666. The third kappa shape index (κ3) is 1.94. The largest absolute Gasteiger partial charge is 0.507 e. The molecule has 0 aliphatic rings. The molecule has 1 aromatic carbocycles. The predicted molar refractivity (Wildman–Crippen MR) is 48.6 cm³/mol. The minimum atomic E-state index is -1.06. The Balaban J connectivity index is 3.24. The average molecular weight is 201 g/mol. The lowest BCUT2D eigenvalue weighted by atomic mass is 10.1. The second-order valence-corrected chi connectivity index (χ2v) is 2.79. The van der Waals surface area contributed by atoms with Crippen LogP contribution in [-0.4, -0.2) is 23.9 Å². The maximum Gasteiger partial charge on any atom is 0.131 e. The molecule has 5 heteroatoms. The fraction of sp³-hybridized carbons (Fsp3) is 0.333. The molecule has 0 bridgehead atoms. The molecule has 1 atom stereocenters. The van der Waals surface area contributed by atoms with Gasteiger partial charge in [-0.25, -0.2) is 4.39 Å². The van der Waals surface area contributed by atoms with Crippen molar-refractivity contribution in [2.75, 3.05) is 13.7 Å². The number of rotatable bonds is 3. The van der Waals surface area contributed by atoms with Gasteiger partial charge in [0.05, 0.1) is 18.8 Å². The van der Waals surface area contributed by atoms with Crippen LogP contribution in [-0.2, 0) is 0 Å². The lowest BCUT2D eigenvalue weighted by Gasteiger charge is -2.14. The van der Waals surface area contributed by atoms with Gasteiger partial charge in [0.15, 0.2) is 0 Å². The summed E-state index contributed by atoms with van der Waals surface area (Å²) < 4.78 is 17.6. The molecule has 0 aliphatic heterocycles. The van der Waals surface area contributed by atoms with E-state index in [0.717, 1.165) is 12.1 Å². The number of methoxy groups -OCH3 is 1. The van der Waals surface area contributed by atoms with Gasteiger partial charge in [0.25, 0.3) is 0 Å². The number of phenolic OH excluding ortho intramolecular Hbond substituents is 1. The van der Waals surface area contributed by atoms with Crippen LogP contribution < -0.4 is 10.5 Å². The Kier molecular flexibility index (Phi) is 3.27. The van der Waals surface area contributed by atoms with Gasteiger partial charge in [-0.3, -0.25) is 0 Å². The summed E-state index contributed by atoms with van der Waals surface area (Å²) in [6.45, 7) is -0.0739. The SMILES string of the molecule is COc1cc(F)cc(O)c1C(O)CN. The highest BCUT2D eigenvalue weighted by atomic mass is 19.1. The molecule has 1 rings (SSSR count). The summed E-state index contributed by atoms with van der Waals surface area (Å²) in [4.78, 5) is 0. The van der Waals surface area contributed by atoms with Crippen LogP contribution >= 0.6 is 0 Å². The third-order valence-electron chi connectivity index (χ3n) is 1.86. The number of hydrogen-bond donors (Lipinski definition) is 3. The summed E-state index contributed by atoms with van der Waals surface area (Å²) in [7, 11) is 1.32. The minimum absolute atomic E-state index is 0.0739. The van der Waals surface area contributed by atoms with Crippen LogP contribution in [0.4, 0.5) is 4.39 Å². The Bertz CT molecular complexity index is 330. The topological polar surface area (TPSA) is 75.7 Å². The number of halogens is 1. The lowest BCUT2D eigenvalue weighted by molar-refractivity contribution is 0.177. The standard InChI is InChI=1S/C9H12FNO3/c1-14-8-3-5(10)2-6(12)9(8)7(13)4-11/h2-3,7,12-13H,4,11H2,1H3. The smallest absolute Gasteiger partial charge is 0.131 e. The van der Waals surface area contributed by atoms with Crippen molar-refractivity contribution >= 4 is 0 Å². The van der Waals surface area contributed by atoms with Crippen molar-refractivity contribution in [1.82, 2.24) is 0 Å². The van der Waals surface area contributed by atoms with Gasteiger partial charge in [-0.1, -0.05) is 0 Å². The first-order valence-electron chi connectivity index (χ1n) is 4.04. The number of ether oxygens (including phenoxy) is 1. The molecule has 0 saturated carbocycles. The minimum Gasteiger partial charge on any atom is -0.507 e. The van der Waals surface area contributed by atoms with Crippen LogP contribution in [0.1, 0.15) is 11.7 Å². The first-order valence-corrected chi connectivity index (χ1v) is 4.04. The Morgan fingerprint density at radius 1 is 1.57 bits per heavy atom. The van der Waals surface area contributed by atoms with Gasteiger partial charge in [-0.2, -0.15) is 0 Å². The number of aliphatic hydroxyl groups is 1. The molecule has 0 amide bonds. The number of aromatic hydroxyl groups is 1. The molecule has 1 unspecified atom stereocenters. The fourth-order valence-corrected chi connectivity index (χ4v) is 1.20. The number of benzene rings is 1. The Morgan fingerprint density at radius 3 is 2.71 bits per heavy atom. The zero-order chi connectivity index (χ0) is 10.7. The lowest BCUT2D eigenvalue weighted by Crippen LogP contribution is -2.13. The highest BCUT2D eigenvalue weighted by Crippen LogP contribution is 2.33. The zero-order valence-electron chi connectivity index (χ0n) is 7.70. The maximum absolute atomic E-state index is 12.8. The van der Waals surface area contributed by atoms with Crippen molar-refractivity contribution in [1.29, 1.82) is 0 Å². The van der Waals surface area contributed by atoms with E-state index in [2.05, 4.69) is 0 Å². The zero-order valence-corrected chi connectivity index (χ0v) is 7.70. The van der Waals surface area contributed by atoms with E-state index in [0.29, 0.717) is 0 Å². The second kappa shape index (κ2) is 4.26. The normalized spacial score (nSPS) is 12.6. The van der Waals surface area contributed by atoms with Crippen molar-refractivity contribution in [3.63, 3.8) is 0 Å². The van der Waals surface area contributed by atoms with E-state index < -0.39 is 11.9 Å².